The third-order valence-electron chi connectivity index (χ3n) is 3.25. The second-order valence-corrected chi connectivity index (χ2v) is 5.37. The van der Waals surface area contributed by atoms with Crippen molar-refractivity contribution < 1.29 is 9.90 Å². The van der Waals surface area contributed by atoms with Gasteiger partial charge < -0.3 is 15.7 Å². The van der Waals surface area contributed by atoms with Gasteiger partial charge in [0.05, 0.1) is 10.7 Å². The standard InChI is InChI=1S/C18H16ClN3O2/c19-16-3-1-2-4-17(16)22-12-14(11-20)18(24)21-10-9-13-5-7-15(23)8-6-13/h1-8,12,22-23H,9-10H2,(H,21,24)/b14-12-. The number of nitrogens with one attached hydrogen (secondary N) is 2. The molecule has 0 heterocycles. The lowest BCUT2D eigenvalue weighted by atomic mass is 10.1. The summed E-state index contributed by atoms with van der Waals surface area (Å²) in [4.78, 5) is 12.0. The van der Waals surface area contributed by atoms with Crippen molar-refractivity contribution in [3.05, 3.63) is 70.9 Å². The summed E-state index contributed by atoms with van der Waals surface area (Å²) in [5.41, 5.74) is 1.55. The van der Waals surface area contributed by atoms with Gasteiger partial charge in [-0.05, 0) is 36.2 Å². The molecule has 2 rings (SSSR count). The number of phenols is 1. The zero-order valence-corrected chi connectivity index (χ0v) is 13.5. The van der Waals surface area contributed by atoms with Crippen molar-refractivity contribution in [1.82, 2.24) is 5.32 Å². The third kappa shape index (κ3) is 5.04. The molecule has 6 heteroatoms. The first-order valence-electron chi connectivity index (χ1n) is 7.27. The summed E-state index contributed by atoms with van der Waals surface area (Å²) in [5.74, 6) is -0.265. The van der Waals surface area contributed by atoms with Crippen LogP contribution in [0.1, 0.15) is 5.56 Å². The number of nitrogens with zero attached hydrogens (tertiary/aromatic N) is 1. The van der Waals surface area contributed by atoms with Gasteiger partial charge in [0, 0.05) is 12.7 Å². The summed E-state index contributed by atoms with van der Waals surface area (Å²) in [7, 11) is 0. The lowest BCUT2D eigenvalue weighted by Gasteiger charge is -2.06. The maximum atomic E-state index is 12.0. The molecule has 122 valence electrons. The van der Waals surface area contributed by atoms with Crippen molar-refractivity contribution in [3.8, 4) is 11.8 Å². The number of hydrogen-bond acceptors (Lipinski definition) is 4. The Bertz CT molecular complexity index is 780. The highest BCUT2D eigenvalue weighted by Crippen LogP contribution is 2.20. The average Bonchev–Trinajstić information content (AvgIpc) is 2.59. The van der Waals surface area contributed by atoms with Crippen LogP contribution in [0.5, 0.6) is 5.75 Å². The molecule has 0 aliphatic heterocycles. The van der Waals surface area contributed by atoms with Gasteiger partial charge in [-0.1, -0.05) is 35.9 Å². The van der Waals surface area contributed by atoms with Crippen LogP contribution >= 0.6 is 11.6 Å². The summed E-state index contributed by atoms with van der Waals surface area (Å²) in [6.45, 7) is 0.384. The van der Waals surface area contributed by atoms with Gasteiger partial charge in [-0.2, -0.15) is 5.26 Å². The summed E-state index contributed by atoms with van der Waals surface area (Å²) < 4.78 is 0. The molecule has 0 saturated carbocycles. The molecule has 0 spiro atoms. The van der Waals surface area contributed by atoms with Crippen molar-refractivity contribution in [1.29, 1.82) is 5.26 Å². The van der Waals surface area contributed by atoms with Crippen molar-refractivity contribution in [2.24, 2.45) is 0 Å². The average molecular weight is 342 g/mol. The van der Waals surface area contributed by atoms with Crippen LogP contribution in [-0.2, 0) is 11.2 Å². The Balaban J connectivity index is 1.89. The fraction of sp³-hybridized carbons (Fsp3) is 0.111. The zero-order valence-electron chi connectivity index (χ0n) is 12.8. The Kier molecular flexibility index (Phi) is 6.23. The first kappa shape index (κ1) is 17.4. The number of phenolic OH excluding ortho intramolecular Hbond substituents is 1. The summed E-state index contributed by atoms with van der Waals surface area (Å²) >= 11 is 6.00. The smallest absolute Gasteiger partial charge is 0.263 e. The summed E-state index contributed by atoms with van der Waals surface area (Å²) in [6.07, 6.45) is 1.93. The Labute approximate surface area is 145 Å². The largest absolute Gasteiger partial charge is 0.508 e. The quantitative estimate of drug-likeness (QED) is 0.556. The van der Waals surface area contributed by atoms with E-state index in [9.17, 15) is 9.90 Å². The van der Waals surface area contributed by atoms with Gasteiger partial charge in [0.2, 0.25) is 0 Å². The second-order valence-electron chi connectivity index (χ2n) is 4.97. The molecule has 0 saturated heterocycles. The first-order valence-corrected chi connectivity index (χ1v) is 7.65. The molecule has 2 aromatic carbocycles. The highest BCUT2D eigenvalue weighted by atomic mass is 35.5. The molecule has 3 N–H and O–H groups in total. The highest BCUT2D eigenvalue weighted by molar-refractivity contribution is 6.33. The van der Waals surface area contributed by atoms with Crippen molar-refractivity contribution in [2.75, 3.05) is 11.9 Å². The van der Waals surface area contributed by atoms with Crippen LogP contribution in [0.3, 0.4) is 0 Å². The molecule has 0 aliphatic carbocycles. The first-order chi connectivity index (χ1) is 11.6. The van der Waals surface area contributed by atoms with Crippen LogP contribution < -0.4 is 10.6 Å². The van der Waals surface area contributed by atoms with E-state index in [2.05, 4.69) is 10.6 Å². The monoisotopic (exact) mass is 341 g/mol. The molecule has 24 heavy (non-hydrogen) atoms. The molecule has 2 aromatic rings. The Hall–Kier alpha value is -2.97. The van der Waals surface area contributed by atoms with E-state index in [1.165, 1.54) is 6.20 Å². The topological polar surface area (TPSA) is 85.2 Å². The van der Waals surface area contributed by atoms with E-state index >= 15 is 0 Å². The van der Waals surface area contributed by atoms with E-state index in [0.29, 0.717) is 23.7 Å². The maximum Gasteiger partial charge on any atom is 0.263 e. The molecule has 0 bridgehead atoms. The second kappa shape index (κ2) is 8.61. The molecule has 0 unspecified atom stereocenters. The van der Waals surface area contributed by atoms with Crippen LogP contribution in [-0.4, -0.2) is 17.6 Å². The number of rotatable bonds is 6. The molecule has 0 radical (unpaired) electrons. The molecular formula is C18H16ClN3O2. The molecule has 0 atom stereocenters. The summed E-state index contributed by atoms with van der Waals surface area (Å²) in [6, 6.07) is 15.6. The number of anilines is 1. The molecule has 0 aliphatic rings. The number of carbonyl (C=O) groups excluding carboxylic acids is 1. The minimum atomic E-state index is -0.462. The zero-order chi connectivity index (χ0) is 17.4. The van der Waals surface area contributed by atoms with E-state index in [1.807, 2.05) is 6.07 Å². The van der Waals surface area contributed by atoms with Crippen LogP contribution in [0.4, 0.5) is 5.69 Å². The fourth-order valence-electron chi connectivity index (χ4n) is 1.95. The lowest BCUT2D eigenvalue weighted by Crippen LogP contribution is -2.27. The third-order valence-corrected chi connectivity index (χ3v) is 3.58. The number of nitriles is 1. The molecule has 1 amide bonds. The van der Waals surface area contributed by atoms with Crippen LogP contribution in [0.2, 0.25) is 5.02 Å². The SMILES string of the molecule is N#C/C(=C/Nc1ccccc1Cl)C(=O)NCCc1ccc(O)cc1. The van der Waals surface area contributed by atoms with Gasteiger partial charge in [0.1, 0.15) is 17.4 Å². The van der Waals surface area contributed by atoms with E-state index in [1.54, 1.807) is 48.5 Å². The van der Waals surface area contributed by atoms with Gasteiger partial charge in [-0.3, -0.25) is 4.79 Å². The van der Waals surface area contributed by atoms with Crippen LogP contribution in [0.25, 0.3) is 0 Å². The Morgan fingerprint density at radius 2 is 1.92 bits per heavy atom. The molecular weight excluding hydrogens is 326 g/mol. The number of hydrogen-bond donors (Lipinski definition) is 3. The highest BCUT2D eigenvalue weighted by Gasteiger charge is 2.08. The Morgan fingerprint density at radius 1 is 1.21 bits per heavy atom. The van der Waals surface area contributed by atoms with Gasteiger partial charge in [0.15, 0.2) is 0 Å². The van der Waals surface area contributed by atoms with Gasteiger partial charge in [-0.15, -0.1) is 0 Å². The predicted molar refractivity (Wildman–Crippen MR) is 93.6 cm³/mol. The van der Waals surface area contributed by atoms with Crippen LogP contribution in [0, 0.1) is 11.3 Å². The predicted octanol–water partition coefficient (Wildman–Crippen LogP) is 3.22. The fourth-order valence-corrected chi connectivity index (χ4v) is 2.15. The lowest BCUT2D eigenvalue weighted by molar-refractivity contribution is -0.117. The van der Waals surface area contributed by atoms with Crippen LogP contribution in [0.15, 0.2) is 60.3 Å². The molecule has 0 aromatic heterocycles. The van der Waals surface area contributed by atoms with Gasteiger partial charge in [0.25, 0.3) is 5.91 Å². The summed E-state index contributed by atoms with van der Waals surface area (Å²) in [5, 5.41) is 24.4. The maximum absolute atomic E-state index is 12.0. The number of halogens is 1. The minimum absolute atomic E-state index is 0.0411. The van der Waals surface area contributed by atoms with Crippen molar-refractivity contribution in [3.63, 3.8) is 0 Å². The number of para-hydroxylation sites is 1. The normalized spacial score (nSPS) is 10.8. The number of benzene rings is 2. The van der Waals surface area contributed by atoms with Gasteiger partial charge >= 0.3 is 0 Å². The number of amides is 1. The number of carbonyl (C=O) groups is 1. The minimum Gasteiger partial charge on any atom is -0.508 e. The molecule has 0 fully saturated rings. The Morgan fingerprint density at radius 3 is 2.58 bits per heavy atom. The van der Waals surface area contributed by atoms with E-state index in [0.717, 1.165) is 5.56 Å². The number of aromatic hydroxyl groups is 1. The van der Waals surface area contributed by atoms with E-state index in [-0.39, 0.29) is 11.3 Å². The van der Waals surface area contributed by atoms with Gasteiger partial charge in [-0.25, -0.2) is 0 Å². The molecule has 5 nitrogen and oxygen atoms in total. The van der Waals surface area contributed by atoms with Crippen molar-refractivity contribution >= 4 is 23.2 Å². The van der Waals surface area contributed by atoms with E-state index < -0.39 is 5.91 Å². The van der Waals surface area contributed by atoms with Crippen molar-refractivity contribution in [2.45, 2.75) is 6.42 Å². The van der Waals surface area contributed by atoms with E-state index in [4.69, 9.17) is 16.9 Å².